The summed E-state index contributed by atoms with van der Waals surface area (Å²) in [7, 11) is 0. The van der Waals surface area contributed by atoms with Crippen LogP contribution in [0.1, 0.15) is 12.0 Å². The maximum Gasteiger partial charge on any atom is 0.119 e. The van der Waals surface area contributed by atoms with Gasteiger partial charge in [-0.05, 0) is 30.7 Å². The van der Waals surface area contributed by atoms with E-state index in [0.717, 1.165) is 12.2 Å². The highest BCUT2D eigenvalue weighted by molar-refractivity contribution is 5.50. The van der Waals surface area contributed by atoms with Crippen molar-refractivity contribution in [2.24, 2.45) is 0 Å². The van der Waals surface area contributed by atoms with Gasteiger partial charge in [-0.25, -0.2) is 4.39 Å². The molecule has 0 aliphatic carbocycles. The Kier molecular flexibility index (Phi) is 2.36. The minimum absolute atomic E-state index is 0.478. The molecule has 14 heavy (non-hydrogen) atoms. The summed E-state index contributed by atoms with van der Waals surface area (Å²) in [5, 5.41) is 8.61. The van der Waals surface area contributed by atoms with Gasteiger partial charge in [0.05, 0.1) is 11.6 Å². The van der Waals surface area contributed by atoms with Crippen molar-refractivity contribution < 1.29 is 4.39 Å². The van der Waals surface area contributed by atoms with Gasteiger partial charge in [0.25, 0.3) is 0 Å². The molecule has 0 amide bonds. The quantitative estimate of drug-likeness (QED) is 0.678. The Morgan fingerprint density at radius 2 is 2.07 bits per heavy atom. The monoisotopic (exact) mass is 190 g/mol. The summed E-state index contributed by atoms with van der Waals surface area (Å²) < 4.78 is 12.9. The van der Waals surface area contributed by atoms with Gasteiger partial charge >= 0.3 is 0 Å². The molecule has 0 saturated carbocycles. The first-order valence-electron chi connectivity index (χ1n) is 4.69. The minimum atomic E-state index is -0.703. The van der Waals surface area contributed by atoms with E-state index in [2.05, 4.69) is 6.07 Å². The van der Waals surface area contributed by atoms with Crippen molar-refractivity contribution in [3.05, 3.63) is 29.8 Å². The van der Waals surface area contributed by atoms with Crippen LogP contribution in [0.15, 0.2) is 24.3 Å². The van der Waals surface area contributed by atoms with Crippen molar-refractivity contribution >= 4 is 5.69 Å². The Bertz CT molecular complexity index is 353. The lowest BCUT2D eigenvalue weighted by Crippen LogP contribution is -2.19. The second kappa shape index (κ2) is 3.67. The summed E-state index contributed by atoms with van der Waals surface area (Å²) in [5.41, 5.74) is 1.65. The molecule has 0 bridgehead atoms. The van der Waals surface area contributed by atoms with Crippen LogP contribution in [-0.4, -0.2) is 19.3 Å². The number of hydrogen-bond donors (Lipinski definition) is 0. The van der Waals surface area contributed by atoms with Gasteiger partial charge in [-0.1, -0.05) is 0 Å². The average molecular weight is 190 g/mol. The highest BCUT2D eigenvalue weighted by atomic mass is 19.1. The molecule has 1 atom stereocenters. The number of nitriles is 1. The Balaban J connectivity index is 2.14. The maximum atomic E-state index is 12.9. The van der Waals surface area contributed by atoms with E-state index < -0.39 is 6.17 Å². The Hall–Kier alpha value is -1.56. The summed E-state index contributed by atoms with van der Waals surface area (Å²) in [6.07, 6.45) is -0.0920. The molecule has 1 aromatic rings. The van der Waals surface area contributed by atoms with Crippen LogP contribution in [0.3, 0.4) is 0 Å². The third-order valence-electron chi connectivity index (χ3n) is 2.49. The van der Waals surface area contributed by atoms with Crippen LogP contribution in [0.5, 0.6) is 0 Å². The molecule has 1 aliphatic heterocycles. The van der Waals surface area contributed by atoms with Crippen LogP contribution < -0.4 is 4.90 Å². The number of halogens is 1. The summed E-state index contributed by atoms with van der Waals surface area (Å²) in [5.74, 6) is 0. The van der Waals surface area contributed by atoms with Gasteiger partial charge in [0.15, 0.2) is 0 Å². The Morgan fingerprint density at radius 3 is 2.57 bits per heavy atom. The fourth-order valence-electron chi connectivity index (χ4n) is 1.70. The SMILES string of the molecule is N#Cc1ccc(N2CCC(F)C2)cc1. The topological polar surface area (TPSA) is 27.0 Å². The third kappa shape index (κ3) is 1.69. The lowest BCUT2D eigenvalue weighted by molar-refractivity contribution is 0.364. The average Bonchev–Trinajstić information content (AvgIpc) is 2.65. The summed E-state index contributed by atoms with van der Waals surface area (Å²) in [4.78, 5) is 2.01. The fraction of sp³-hybridized carbons (Fsp3) is 0.364. The van der Waals surface area contributed by atoms with E-state index in [-0.39, 0.29) is 0 Å². The number of rotatable bonds is 1. The molecular formula is C11H11FN2. The molecule has 2 nitrogen and oxygen atoms in total. The molecule has 1 saturated heterocycles. The smallest absolute Gasteiger partial charge is 0.119 e. The molecule has 1 fully saturated rings. The first-order chi connectivity index (χ1) is 6.79. The van der Waals surface area contributed by atoms with Crippen molar-refractivity contribution in [1.29, 1.82) is 5.26 Å². The van der Waals surface area contributed by atoms with Gasteiger partial charge in [0, 0.05) is 18.8 Å². The fourth-order valence-corrected chi connectivity index (χ4v) is 1.70. The van der Waals surface area contributed by atoms with E-state index >= 15 is 0 Å². The van der Waals surface area contributed by atoms with Gasteiger partial charge < -0.3 is 4.90 Å². The summed E-state index contributed by atoms with van der Waals surface area (Å²) in [6.45, 7) is 1.25. The second-order valence-electron chi connectivity index (χ2n) is 3.49. The molecule has 0 N–H and O–H groups in total. The molecule has 1 aliphatic rings. The first kappa shape index (κ1) is 9.01. The molecule has 0 radical (unpaired) electrons. The molecule has 72 valence electrons. The summed E-state index contributed by atoms with van der Waals surface area (Å²) in [6, 6.07) is 9.33. The predicted octanol–water partition coefficient (Wildman–Crippen LogP) is 2.11. The van der Waals surface area contributed by atoms with Crippen molar-refractivity contribution in [3.63, 3.8) is 0 Å². The molecule has 2 rings (SSSR count). The summed E-state index contributed by atoms with van der Waals surface area (Å²) >= 11 is 0. The van der Waals surface area contributed by atoms with E-state index in [1.54, 1.807) is 12.1 Å². The van der Waals surface area contributed by atoms with Crippen LogP contribution in [0.2, 0.25) is 0 Å². The zero-order valence-electron chi connectivity index (χ0n) is 7.78. The highest BCUT2D eigenvalue weighted by Gasteiger charge is 2.21. The van der Waals surface area contributed by atoms with Crippen molar-refractivity contribution in [3.8, 4) is 6.07 Å². The maximum absolute atomic E-state index is 12.9. The lowest BCUT2D eigenvalue weighted by atomic mass is 10.2. The van der Waals surface area contributed by atoms with Crippen LogP contribution in [0.25, 0.3) is 0 Å². The van der Waals surface area contributed by atoms with Crippen molar-refractivity contribution in [1.82, 2.24) is 0 Å². The zero-order chi connectivity index (χ0) is 9.97. The Morgan fingerprint density at radius 1 is 1.36 bits per heavy atom. The molecular weight excluding hydrogens is 179 g/mol. The van der Waals surface area contributed by atoms with Gasteiger partial charge in [-0.3, -0.25) is 0 Å². The number of hydrogen-bond acceptors (Lipinski definition) is 2. The van der Waals surface area contributed by atoms with E-state index in [9.17, 15) is 4.39 Å². The van der Waals surface area contributed by atoms with E-state index in [1.165, 1.54) is 0 Å². The largest absolute Gasteiger partial charge is 0.369 e. The number of nitrogens with zero attached hydrogens (tertiary/aromatic N) is 2. The van der Waals surface area contributed by atoms with Crippen LogP contribution in [-0.2, 0) is 0 Å². The molecule has 0 spiro atoms. The van der Waals surface area contributed by atoms with E-state index in [1.807, 2.05) is 17.0 Å². The third-order valence-corrected chi connectivity index (χ3v) is 2.49. The van der Waals surface area contributed by atoms with E-state index in [4.69, 9.17) is 5.26 Å². The zero-order valence-corrected chi connectivity index (χ0v) is 7.78. The molecule has 0 aromatic heterocycles. The minimum Gasteiger partial charge on any atom is -0.369 e. The van der Waals surface area contributed by atoms with Crippen LogP contribution in [0, 0.1) is 11.3 Å². The van der Waals surface area contributed by atoms with Crippen LogP contribution in [0.4, 0.5) is 10.1 Å². The van der Waals surface area contributed by atoms with Gasteiger partial charge in [0.1, 0.15) is 6.17 Å². The van der Waals surface area contributed by atoms with Gasteiger partial charge in [-0.2, -0.15) is 5.26 Å². The van der Waals surface area contributed by atoms with Crippen LogP contribution >= 0.6 is 0 Å². The number of benzene rings is 1. The first-order valence-corrected chi connectivity index (χ1v) is 4.69. The standard InChI is InChI=1S/C11H11FN2/c12-10-5-6-14(8-10)11-3-1-9(7-13)2-4-11/h1-4,10H,5-6,8H2. The Labute approximate surface area is 82.6 Å². The molecule has 1 heterocycles. The van der Waals surface area contributed by atoms with E-state index in [0.29, 0.717) is 18.5 Å². The molecule has 3 heteroatoms. The number of anilines is 1. The number of alkyl halides is 1. The second-order valence-corrected chi connectivity index (χ2v) is 3.49. The van der Waals surface area contributed by atoms with Crippen molar-refractivity contribution in [2.75, 3.05) is 18.0 Å². The van der Waals surface area contributed by atoms with Crippen molar-refractivity contribution in [2.45, 2.75) is 12.6 Å². The lowest BCUT2D eigenvalue weighted by Gasteiger charge is -2.16. The predicted molar refractivity (Wildman–Crippen MR) is 52.9 cm³/mol. The molecule has 1 unspecified atom stereocenters. The highest BCUT2D eigenvalue weighted by Crippen LogP contribution is 2.21. The molecule has 1 aromatic carbocycles. The normalized spacial score (nSPS) is 20.9. The van der Waals surface area contributed by atoms with Gasteiger partial charge in [-0.15, -0.1) is 0 Å². The van der Waals surface area contributed by atoms with Gasteiger partial charge in [0.2, 0.25) is 0 Å².